The molecule has 1 unspecified atom stereocenters. The minimum absolute atomic E-state index is 0.123. The smallest absolute Gasteiger partial charge is 0.416 e. The topological polar surface area (TPSA) is 76.2 Å². The lowest BCUT2D eigenvalue weighted by molar-refractivity contribution is -0.139. The second-order valence-electron chi connectivity index (χ2n) is 8.83. The summed E-state index contributed by atoms with van der Waals surface area (Å²) in [5, 5.41) is 0. The van der Waals surface area contributed by atoms with Crippen LogP contribution >= 0.6 is 0 Å². The number of benzene rings is 2. The Labute approximate surface area is 206 Å². The Kier molecular flexibility index (Phi) is 7.93. The van der Waals surface area contributed by atoms with Crippen molar-refractivity contribution in [1.82, 2.24) is 9.80 Å². The van der Waals surface area contributed by atoms with Gasteiger partial charge in [-0.05, 0) is 54.8 Å². The summed E-state index contributed by atoms with van der Waals surface area (Å²) < 4.78 is 50.0. The lowest BCUT2D eigenvalue weighted by Gasteiger charge is -2.26. The number of ether oxygens (including phenoxy) is 2. The molecule has 2 aliphatic rings. The van der Waals surface area contributed by atoms with Crippen LogP contribution < -0.4 is 4.74 Å². The van der Waals surface area contributed by atoms with Crippen molar-refractivity contribution in [3.8, 4) is 5.75 Å². The molecule has 2 aliphatic heterocycles. The number of likely N-dealkylation sites (tertiary alicyclic amines) is 1. The van der Waals surface area contributed by atoms with Crippen molar-refractivity contribution in [2.75, 3.05) is 26.3 Å². The van der Waals surface area contributed by atoms with Gasteiger partial charge in [0.05, 0.1) is 18.2 Å². The molecule has 2 aromatic carbocycles. The van der Waals surface area contributed by atoms with Crippen LogP contribution in [-0.2, 0) is 27.0 Å². The molecule has 0 N–H and O–H groups in total. The number of nitrogens with zero attached hydrogens (tertiary/aromatic N) is 2. The van der Waals surface area contributed by atoms with Gasteiger partial charge in [-0.15, -0.1) is 0 Å². The van der Waals surface area contributed by atoms with E-state index in [0.717, 1.165) is 30.5 Å². The molecule has 0 saturated carbocycles. The van der Waals surface area contributed by atoms with E-state index in [9.17, 15) is 27.6 Å². The highest BCUT2D eigenvalue weighted by Gasteiger charge is 2.31. The fourth-order valence-corrected chi connectivity index (χ4v) is 4.28. The molecule has 10 heteroatoms. The Morgan fingerprint density at radius 3 is 2.28 bits per heavy atom. The van der Waals surface area contributed by atoms with Gasteiger partial charge >= 0.3 is 6.18 Å². The van der Waals surface area contributed by atoms with E-state index in [-0.39, 0.29) is 61.9 Å². The van der Waals surface area contributed by atoms with Gasteiger partial charge in [-0.2, -0.15) is 13.2 Å². The third-order valence-corrected chi connectivity index (χ3v) is 6.23. The van der Waals surface area contributed by atoms with Gasteiger partial charge in [0, 0.05) is 38.1 Å². The number of carbonyl (C=O) groups excluding carboxylic acids is 3. The van der Waals surface area contributed by atoms with Crippen molar-refractivity contribution in [1.29, 1.82) is 0 Å². The number of hydrogen-bond donors (Lipinski definition) is 0. The molecule has 0 spiro atoms. The van der Waals surface area contributed by atoms with E-state index in [2.05, 4.69) is 0 Å². The quantitative estimate of drug-likeness (QED) is 0.482. The average molecular weight is 505 g/mol. The van der Waals surface area contributed by atoms with Crippen LogP contribution in [0.4, 0.5) is 13.2 Å². The van der Waals surface area contributed by atoms with Crippen molar-refractivity contribution in [3.05, 3.63) is 65.2 Å². The van der Waals surface area contributed by atoms with Crippen LogP contribution in [0, 0.1) is 0 Å². The first kappa shape index (κ1) is 25.7. The molecule has 4 rings (SSSR count). The molecule has 36 heavy (non-hydrogen) atoms. The fraction of sp³-hybridized carbons (Fsp3) is 0.423. The Morgan fingerprint density at radius 2 is 1.69 bits per heavy atom. The van der Waals surface area contributed by atoms with Crippen molar-refractivity contribution in [2.24, 2.45) is 0 Å². The molecular formula is C26H27F3N2O5. The van der Waals surface area contributed by atoms with Crippen molar-refractivity contribution < 1.29 is 37.0 Å². The van der Waals surface area contributed by atoms with Crippen molar-refractivity contribution >= 4 is 17.7 Å². The first-order chi connectivity index (χ1) is 17.2. The summed E-state index contributed by atoms with van der Waals surface area (Å²) in [4.78, 5) is 39.3. The van der Waals surface area contributed by atoms with Gasteiger partial charge in [0.15, 0.2) is 0 Å². The van der Waals surface area contributed by atoms with Gasteiger partial charge in [0.2, 0.25) is 11.8 Å². The Hall–Kier alpha value is -3.40. The molecule has 2 heterocycles. The number of halogens is 3. The minimum atomic E-state index is -4.47. The van der Waals surface area contributed by atoms with Crippen LogP contribution in [0.3, 0.4) is 0 Å². The van der Waals surface area contributed by atoms with Gasteiger partial charge in [-0.3, -0.25) is 19.3 Å². The summed E-state index contributed by atoms with van der Waals surface area (Å²) in [7, 11) is 0. The first-order valence-corrected chi connectivity index (χ1v) is 11.8. The van der Waals surface area contributed by atoms with Crippen LogP contribution in [0.15, 0.2) is 48.5 Å². The third-order valence-electron chi connectivity index (χ3n) is 6.23. The van der Waals surface area contributed by atoms with Crippen LogP contribution in [0.2, 0.25) is 0 Å². The predicted octanol–water partition coefficient (Wildman–Crippen LogP) is 4.05. The zero-order valence-corrected chi connectivity index (χ0v) is 19.6. The van der Waals surface area contributed by atoms with E-state index >= 15 is 0 Å². The van der Waals surface area contributed by atoms with E-state index in [1.807, 2.05) is 0 Å². The van der Waals surface area contributed by atoms with E-state index in [1.54, 1.807) is 29.2 Å². The standard InChI is InChI=1S/C26H27F3N2O5/c27-26(28,29)20-7-5-19(6-8-20)25(34)30(17-22-2-1-14-35-22)16-18-3-9-21(10-4-18)36-15-13-31-23(32)11-12-24(31)33/h3-10,22H,1-2,11-17H2. The van der Waals surface area contributed by atoms with E-state index < -0.39 is 11.7 Å². The van der Waals surface area contributed by atoms with Gasteiger partial charge in [0.25, 0.3) is 5.91 Å². The highest BCUT2D eigenvalue weighted by atomic mass is 19.4. The third kappa shape index (κ3) is 6.42. The molecular weight excluding hydrogens is 477 g/mol. The molecule has 0 aliphatic carbocycles. The van der Waals surface area contributed by atoms with Crippen LogP contribution in [0.25, 0.3) is 0 Å². The summed E-state index contributed by atoms with van der Waals surface area (Å²) in [6.07, 6.45) is -2.41. The largest absolute Gasteiger partial charge is 0.492 e. The van der Waals surface area contributed by atoms with Crippen LogP contribution in [0.1, 0.15) is 47.2 Å². The highest BCUT2D eigenvalue weighted by Crippen LogP contribution is 2.29. The maximum absolute atomic E-state index is 13.2. The minimum Gasteiger partial charge on any atom is -0.492 e. The molecule has 0 bridgehead atoms. The van der Waals surface area contributed by atoms with Crippen molar-refractivity contribution in [3.63, 3.8) is 0 Å². The van der Waals surface area contributed by atoms with E-state index in [1.165, 1.54) is 17.0 Å². The molecule has 0 radical (unpaired) electrons. The summed E-state index contributed by atoms with van der Waals surface area (Å²) >= 11 is 0. The molecule has 3 amide bonds. The summed E-state index contributed by atoms with van der Waals surface area (Å²) in [6.45, 7) is 1.56. The Morgan fingerprint density at radius 1 is 1.03 bits per heavy atom. The second-order valence-corrected chi connectivity index (χ2v) is 8.83. The number of hydrogen-bond acceptors (Lipinski definition) is 5. The number of carbonyl (C=O) groups is 3. The van der Waals surface area contributed by atoms with Crippen LogP contribution in [-0.4, -0.2) is 59.9 Å². The molecule has 0 aromatic heterocycles. The molecule has 1 atom stereocenters. The maximum atomic E-state index is 13.2. The van der Waals surface area contributed by atoms with E-state index in [4.69, 9.17) is 9.47 Å². The average Bonchev–Trinajstić information content (AvgIpc) is 3.49. The lowest BCUT2D eigenvalue weighted by Crippen LogP contribution is -2.37. The normalized spacial score (nSPS) is 18.1. The van der Waals surface area contributed by atoms with Crippen molar-refractivity contribution in [2.45, 2.75) is 44.5 Å². The van der Waals surface area contributed by atoms with Crippen LogP contribution in [0.5, 0.6) is 5.75 Å². The van der Waals surface area contributed by atoms with Gasteiger partial charge in [-0.25, -0.2) is 0 Å². The molecule has 2 fully saturated rings. The lowest BCUT2D eigenvalue weighted by atomic mass is 10.1. The van der Waals surface area contributed by atoms with Gasteiger partial charge in [0.1, 0.15) is 12.4 Å². The predicted molar refractivity (Wildman–Crippen MR) is 123 cm³/mol. The molecule has 2 saturated heterocycles. The number of amides is 3. The van der Waals surface area contributed by atoms with E-state index in [0.29, 0.717) is 18.9 Å². The number of imide groups is 1. The summed E-state index contributed by atoms with van der Waals surface area (Å²) in [5.74, 6) is -0.205. The second kappa shape index (κ2) is 11.1. The zero-order valence-electron chi connectivity index (χ0n) is 19.6. The summed E-state index contributed by atoms with van der Waals surface area (Å²) in [5.41, 5.74) is 0.177. The number of alkyl halides is 3. The van der Waals surface area contributed by atoms with Gasteiger partial charge < -0.3 is 14.4 Å². The first-order valence-electron chi connectivity index (χ1n) is 11.8. The molecule has 7 nitrogen and oxygen atoms in total. The monoisotopic (exact) mass is 504 g/mol. The Bertz CT molecular complexity index is 1060. The highest BCUT2D eigenvalue weighted by molar-refractivity contribution is 6.01. The SMILES string of the molecule is O=C(c1ccc(C(F)(F)F)cc1)N(Cc1ccc(OCCN2C(=O)CCC2=O)cc1)CC1CCCO1. The van der Waals surface area contributed by atoms with Gasteiger partial charge in [-0.1, -0.05) is 12.1 Å². The fourth-order valence-electron chi connectivity index (χ4n) is 4.28. The Balaban J connectivity index is 1.39. The zero-order chi connectivity index (χ0) is 25.7. The molecule has 192 valence electrons. The summed E-state index contributed by atoms with van der Waals surface area (Å²) in [6, 6.07) is 11.3. The molecule has 2 aromatic rings. The maximum Gasteiger partial charge on any atom is 0.416 e. The number of rotatable bonds is 9.